The van der Waals surface area contributed by atoms with Gasteiger partial charge < -0.3 is 36.1 Å². The van der Waals surface area contributed by atoms with Crippen molar-refractivity contribution in [2.45, 2.75) is 127 Å². The summed E-state index contributed by atoms with van der Waals surface area (Å²) >= 11 is 1.50. The number of nitrogens with one attached hydrogen (secondary N) is 5. The van der Waals surface area contributed by atoms with Crippen LogP contribution in [-0.4, -0.2) is 78.5 Å². The Balaban J connectivity index is 0.907. The normalized spacial score (nSPS) is 15.1. The van der Waals surface area contributed by atoms with Gasteiger partial charge >= 0.3 is 11.7 Å². The number of amides is 1. The van der Waals surface area contributed by atoms with Crippen LogP contribution in [0.1, 0.15) is 120 Å². The molecule has 0 bridgehead atoms. The maximum absolute atomic E-state index is 12.8. The number of anilines is 1. The van der Waals surface area contributed by atoms with Gasteiger partial charge in [0.05, 0.1) is 0 Å². The first kappa shape index (κ1) is 48.1. The van der Waals surface area contributed by atoms with Gasteiger partial charge in [-0.25, -0.2) is 4.79 Å². The summed E-state index contributed by atoms with van der Waals surface area (Å²) in [5.74, 6) is 0.412. The lowest BCUT2D eigenvalue weighted by atomic mass is 10.1. The largest absolute Gasteiger partial charge is 0.462 e. The second-order valence-corrected chi connectivity index (χ2v) is 16.6. The predicted octanol–water partition coefficient (Wildman–Crippen LogP) is 7.31. The first-order valence-corrected chi connectivity index (χ1v) is 23.3. The minimum Gasteiger partial charge on any atom is -0.462 e. The first-order valence-electron chi connectivity index (χ1n) is 22.3. The van der Waals surface area contributed by atoms with Crippen molar-refractivity contribution in [3.05, 3.63) is 94.5 Å². The number of carbonyl (C=O) groups is 2. The SMILES string of the molecule is O=C(CCCCCNCCCCCCNCc1ccccc1)Nc1ccn([C@@H]2CS[C@H](COC(=O)CCCCCNCCCCCCNCc3ccccc3)O2)c(=O)n1. The number of unbranched alkanes of at least 4 members (excludes halogenated alkanes) is 10. The maximum atomic E-state index is 12.8. The molecule has 12 nitrogen and oxygen atoms in total. The fraction of sp³-hybridized carbons (Fsp3) is 0.609. The van der Waals surface area contributed by atoms with Crippen molar-refractivity contribution in [1.29, 1.82) is 0 Å². The molecular formula is C46H71N7O5S. The lowest BCUT2D eigenvalue weighted by Crippen LogP contribution is -2.29. The molecule has 326 valence electrons. The van der Waals surface area contributed by atoms with Crippen molar-refractivity contribution in [1.82, 2.24) is 30.8 Å². The van der Waals surface area contributed by atoms with Crippen molar-refractivity contribution in [2.24, 2.45) is 0 Å². The zero-order chi connectivity index (χ0) is 41.4. The van der Waals surface area contributed by atoms with E-state index in [1.165, 1.54) is 78.8 Å². The van der Waals surface area contributed by atoms with E-state index >= 15 is 0 Å². The molecule has 59 heavy (non-hydrogen) atoms. The minimum absolute atomic E-state index is 0.144. The van der Waals surface area contributed by atoms with Gasteiger partial charge in [0.2, 0.25) is 5.91 Å². The van der Waals surface area contributed by atoms with Gasteiger partial charge in [-0.2, -0.15) is 4.98 Å². The van der Waals surface area contributed by atoms with E-state index in [-0.39, 0.29) is 29.7 Å². The third-order valence-electron chi connectivity index (χ3n) is 10.3. The van der Waals surface area contributed by atoms with Crippen LogP contribution in [0.4, 0.5) is 5.82 Å². The quantitative estimate of drug-likeness (QED) is 0.0305. The highest BCUT2D eigenvalue weighted by molar-refractivity contribution is 8.00. The molecule has 3 aromatic rings. The summed E-state index contributed by atoms with van der Waals surface area (Å²) in [5.41, 5.74) is 1.83. The Morgan fingerprint density at radius 2 is 1.14 bits per heavy atom. The topological polar surface area (TPSA) is 148 Å². The van der Waals surface area contributed by atoms with E-state index in [0.717, 1.165) is 90.9 Å². The Kier molecular flexibility index (Phi) is 25.5. The summed E-state index contributed by atoms with van der Waals surface area (Å²) in [6, 6.07) is 22.6. The van der Waals surface area contributed by atoms with Gasteiger partial charge in [0, 0.05) is 37.9 Å². The zero-order valence-electron chi connectivity index (χ0n) is 35.3. The molecule has 0 radical (unpaired) electrons. The molecule has 1 aliphatic rings. The molecule has 1 fully saturated rings. The number of ether oxygens (including phenoxy) is 2. The second kappa shape index (κ2) is 31.3. The molecule has 2 heterocycles. The zero-order valence-corrected chi connectivity index (χ0v) is 36.1. The molecule has 0 spiro atoms. The number of hydrogen-bond acceptors (Lipinski definition) is 11. The van der Waals surface area contributed by atoms with Crippen LogP contribution in [0.3, 0.4) is 0 Å². The highest BCUT2D eigenvalue weighted by Gasteiger charge is 2.29. The summed E-state index contributed by atoms with van der Waals surface area (Å²) in [5, 5.41) is 16.8. The van der Waals surface area contributed by atoms with Crippen LogP contribution in [0.25, 0.3) is 0 Å². The summed E-state index contributed by atoms with van der Waals surface area (Å²) in [6.45, 7) is 8.13. The summed E-state index contributed by atoms with van der Waals surface area (Å²) < 4.78 is 12.9. The molecule has 1 aliphatic heterocycles. The Bertz CT molecular complexity index is 1600. The molecule has 1 amide bonds. The van der Waals surface area contributed by atoms with Crippen LogP contribution in [-0.2, 0) is 32.2 Å². The van der Waals surface area contributed by atoms with Crippen molar-refractivity contribution in [3.8, 4) is 0 Å². The standard InChI is InChI=1S/C46H71N7O5S/c54-42(25-13-7-19-30-47-28-15-1-3-17-32-49-35-39-21-9-5-10-22-39)51-41-27-34-53(46(56)52-41)43-38-59-45(58-43)37-57-44(55)26-14-8-20-31-48-29-16-2-4-18-33-50-36-40-23-11-6-12-24-40/h5-6,9-12,21-24,27,34,43,45,47-50H,1-4,7-8,13-20,25-26,28-33,35-38H2,(H,51,52,54,56)/t43-,45+/m0/s1. The fourth-order valence-electron chi connectivity index (χ4n) is 6.84. The number of thioether (sulfide) groups is 1. The Morgan fingerprint density at radius 3 is 1.66 bits per heavy atom. The molecule has 1 aromatic heterocycles. The van der Waals surface area contributed by atoms with Crippen LogP contribution < -0.4 is 32.3 Å². The summed E-state index contributed by atoms with van der Waals surface area (Å²) in [7, 11) is 0. The molecule has 0 aliphatic carbocycles. The summed E-state index contributed by atoms with van der Waals surface area (Å²) in [6.07, 6.45) is 17.2. The lowest BCUT2D eigenvalue weighted by Gasteiger charge is -2.15. The van der Waals surface area contributed by atoms with Crippen molar-refractivity contribution in [2.75, 3.05) is 56.9 Å². The molecule has 13 heteroatoms. The van der Waals surface area contributed by atoms with Crippen LogP contribution in [0.2, 0.25) is 0 Å². The number of aromatic nitrogens is 2. The van der Waals surface area contributed by atoms with E-state index in [2.05, 4.69) is 80.1 Å². The van der Waals surface area contributed by atoms with Gasteiger partial charge in [0.1, 0.15) is 24.1 Å². The molecular weight excluding hydrogens is 763 g/mol. The Labute approximate surface area is 357 Å². The third kappa shape index (κ3) is 22.6. The molecule has 2 atom stereocenters. The number of esters is 1. The van der Waals surface area contributed by atoms with Gasteiger partial charge in [-0.1, -0.05) is 99.2 Å². The molecule has 0 unspecified atom stereocenters. The average molecular weight is 834 g/mol. The number of nitrogens with zero attached hydrogens (tertiary/aromatic N) is 2. The molecule has 4 rings (SSSR count). The van der Waals surface area contributed by atoms with E-state index in [9.17, 15) is 14.4 Å². The summed E-state index contributed by atoms with van der Waals surface area (Å²) in [4.78, 5) is 41.6. The van der Waals surface area contributed by atoms with E-state index < -0.39 is 11.9 Å². The van der Waals surface area contributed by atoms with Gasteiger partial charge in [0.15, 0.2) is 0 Å². The van der Waals surface area contributed by atoms with Crippen molar-refractivity contribution >= 4 is 29.5 Å². The smallest absolute Gasteiger partial charge is 0.351 e. The monoisotopic (exact) mass is 834 g/mol. The number of benzene rings is 2. The number of hydrogen-bond donors (Lipinski definition) is 5. The second-order valence-electron chi connectivity index (χ2n) is 15.4. The van der Waals surface area contributed by atoms with Crippen LogP contribution in [0, 0.1) is 0 Å². The average Bonchev–Trinajstić information content (AvgIpc) is 3.72. The van der Waals surface area contributed by atoms with Gasteiger partial charge in [-0.3, -0.25) is 14.2 Å². The van der Waals surface area contributed by atoms with Gasteiger partial charge in [0.25, 0.3) is 0 Å². The number of rotatable bonds is 34. The van der Waals surface area contributed by atoms with E-state index in [1.807, 2.05) is 12.1 Å². The number of carbonyl (C=O) groups excluding carboxylic acids is 2. The lowest BCUT2D eigenvalue weighted by molar-refractivity contribution is -0.147. The highest BCUT2D eigenvalue weighted by atomic mass is 32.2. The van der Waals surface area contributed by atoms with Gasteiger partial charge in [-0.15, -0.1) is 11.8 Å². The maximum Gasteiger partial charge on any atom is 0.351 e. The Morgan fingerprint density at radius 1 is 0.644 bits per heavy atom. The molecule has 1 saturated heterocycles. The van der Waals surface area contributed by atoms with Crippen molar-refractivity contribution in [3.63, 3.8) is 0 Å². The van der Waals surface area contributed by atoms with E-state index in [0.29, 0.717) is 18.6 Å². The predicted molar refractivity (Wildman–Crippen MR) is 240 cm³/mol. The molecule has 5 N–H and O–H groups in total. The van der Waals surface area contributed by atoms with Crippen LogP contribution in [0.15, 0.2) is 77.7 Å². The van der Waals surface area contributed by atoms with Crippen LogP contribution in [0.5, 0.6) is 0 Å². The molecule has 2 aromatic carbocycles. The van der Waals surface area contributed by atoms with Crippen molar-refractivity contribution < 1.29 is 19.1 Å². The van der Waals surface area contributed by atoms with Crippen LogP contribution >= 0.6 is 11.8 Å². The first-order chi connectivity index (χ1) is 29.1. The Hall–Kier alpha value is -3.59. The van der Waals surface area contributed by atoms with E-state index in [1.54, 1.807) is 12.3 Å². The fourth-order valence-corrected chi connectivity index (χ4v) is 7.83. The third-order valence-corrected chi connectivity index (χ3v) is 11.4. The minimum atomic E-state index is -0.510. The highest BCUT2D eigenvalue weighted by Crippen LogP contribution is 2.31. The molecule has 0 saturated carbocycles. The van der Waals surface area contributed by atoms with Gasteiger partial charge in [-0.05, 0) is 108 Å². The van der Waals surface area contributed by atoms with E-state index in [4.69, 9.17) is 9.47 Å².